The third-order valence-electron chi connectivity index (χ3n) is 4.03. The highest BCUT2D eigenvalue weighted by Gasteiger charge is 2.18. The van der Waals surface area contributed by atoms with E-state index in [2.05, 4.69) is 20.7 Å². The van der Waals surface area contributed by atoms with Gasteiger partial charge in [-0.1, -0.05) is 41.9 Å². The maximum Gasteiger partial charge on any atom is 0.241 e. The molecule has 0 unspecified atom stereocenters. The topological polar surface area (TPSA) is 55.4 Å². The van der Waals surface area contributed by atoms with Gasteiger partial charge in [-0.3, -0.25) is 0 Å². The number of methoxy groups -OCH3 is 1. The van der Waals surface area contributed by atoms with Crippen molar-refractivity contribution in [2.75, 3.05) is 13.7 Å². The van der Waals surface area contributed by atoms with E-state index >= 15 is 0 Å². The molecule has 26 heavy (non-hydrogen) atoms. The predicted molar refractivity (Wildman–Crippen MR) is 109 cm³/mol. The summed E-state index contributed by atoms with van der Waals surface area (Å²) < 4.78 is 34.2. The minimum Gasteiger partial charge on any atom is -0.496 e. The van der Waals surface area contributed by atoms with Gasteiger partial charge in [-0.05, 0) is 57.6 Å². The highest BCUT2D eigenvalue weighted by molar-refractivity contribution is 9.10. The summed E-state index contributed by atoms with van der Waals surface area (Å²) in [6, 6.07) is 16.1. The third kappa shape index (κ3) is 4.04. The fourth-order valence-electron chi connectivity index (χ4n) is 2.76. The van der Waals surface area contributed by atoms with Crippen molar-refractivity contribution < 1.29 is 13.2 Å². The molecule has 0 aliphatic heterocycles. The molecular formula is C19H17BrClNO3S. The zero-order chi connectivity index (χ0) is 18.7. The molecule has 4 nitrogen and oxygen atoms in total. The van der Waals surface area contributed by atoms with Gasteiger partial charge >= 0.3 is 0 Å². The Hall–Kier alpha value is -1.60. The Morgan fingerprint density at radius 3 is 2.54 bits per heavy atom. The Kier molecular flexibility index (Phi) is 5.87. The molecule has 0 saturated carbocycles. The molecule has 1 N–H and O–H groups in total. The number of hydrogen-bond acceptors (Lipinski definition) is 3. The van der Waals surface area contributed by atoms with E-state index in [1.54, 1.807) is 31.4 Å². The lowest BCUT2D eigenvalue weighted by Crippen LogP contribution is -2.26. The maximum absolute atomic E-state index is 12.8. The van der Waals surface area contributed by atoms with E-state index in [-0.39, 0.29) is 11.4 Å². The lowest BCUT2D eigenvalue weighted by Gasteiger charge is -2.11. The van der Waals surface area contributed by atoms with E-state index in [1.165, 1.54) is 0 Å². The van der Waals surface area contributed by atoms with Crippen LogP contribution < -0.4 is 9.46 Å². The highest BCUT2D eigenvalue weighted by atomic mass is 79.9. The second-order valence-electron chi connectivity index (χ2n) is 5.71. The predicted octanol–water partition coefficient (Wildman–Crippen LogP) is 4.79. The molecule has 0 heterocycles. The standard InChI is InChI=1S/C19H17BrClNO3S/c1-25-17-9-8-13(12-15(17)20)10-11-22-26(23,24)18-7-3-5-14-4-2-6-16(21)19(14)18/h2-9,12,22H,10-11H2,1H3. The molecule has 0 aliphatic rings. The van der Waals surface area contributed by atoms with Gasteiger partial charge in [0.1, 0.15) is 5.75 Å². The van der Waals surface area contributed by atoms with Crippen LogP contribution in [-0.2, 0) is 16.4 Å². The average Bonchev–Trinajstić information content (AvgIpc) is 2.61. The minimum absolute atomic E-state index is 0.191. The molecule has 0 radical (unpaired) electrons. The first kappa shape index (κ1) is 19.2. The maximum atomic E-state index is 12.8. The van der Waals surface area contributed by atoms with Crippen LogP contribution in [0.15, 0.2) is 64.0 Å². The van der Waals surface area contributed by atoms with Crippen LogP contribution in [0, 0.1) is 0 Å². The van der Waals surface area contributed by atoms with Gasteiger partial charge in [-0.2, -0.15) is 0 Å². The number of nitrogens with one attached hydrogen (secondary N) is 1. The van der Waals surface area contributed by atoms with Crippen molar-refractivity contribution in [3.63, 3.8) is 0 Å². The van der Waals surface area contributed by atoms with E-state index in [9.17, 15) is 8.42 Å². The van der Waals surface area contributed by atoms with Crippen LogP contribution in [0.3, 0.4) is 0 Å². The molecule has 3 aromatic rings. The van der Waals surface area contributed by atoms with Crippen LogP contribution in [0.25, 0.3) is 10.8 Å². The molecule has 0 fully saturated rings. The lowest BCUT2D eigenvalue weighted by molar-refractivity contribution is 0.412. The first-order valence-electron chi connectivity index (χ1n) is 7.92. The molecule has 0 aromatic heterocycles. The average molecular weight is 455 g/mol. The number of halogens is 2. The van der Waals surface area contributed by atoms with Crippen LogP contribution in [-0.4, -0.2) is 22.1 Å². The van der Waals surface area contributed by atoms with Gasteiger partial charge in [0.15, 0.2) is 0 Å². The molecule has 0 aliphatic carbocycles. The van der Waals surface area contributed by atoms with Crippen LogP contribution in [0.1, 0.15) is 5.56 Å². The van der Waals surface area contributed by atoms with Crippen LogP contribution in [0.5, 0.6) is 5.75 Å². The summed E-state index contributed by atoms with van der Waals surface area (Å²) in [5.74, 6) is 0.736. The SMILES string of the molecule is COc1ccc(CCNS(=O)(=O)c2cccc3cccc(Cl)c23)cc1Br. The molecule has 0 atom stereocenters. The van der Waals surface area contributed by atoms with Crippen molar-refractivity contribution in [2.45, 2.75) is 11.3 Å². The summed E-state index contributed by atoms with van der Waals surface area (Å²) in [5, 5.41) is 1.75. The smallest absolute Gasteiger partial charge is 0.241 e. The Morgan fingerprint density at radius 2 is 1.85 bits per heavy atom. The largest absolute Gasteiger partial charge is 0.496 e. The summed E-state index contributed by atoms with van der Waals surface area (Å²) in [5.41, 5.74) is 0.997. The zero-order valence-electron chi connectivity index (χ0n) is 14.0. The van der Waals surface area contributed by atoms with Gasteiger partial charge in [-0.25, -0.2) is 13.1 Å². The van der Waals surface area contributed by atoms with E-state index in [1.807, 2.05) is 30.3 Å². The number of ether oxygens (including phenoxy) is 1. The summed E-state index contributed by atoms with van der Waals surface area (Å²) in [7, 11) is -2.07. The number of sulfonamides is 1. The van der Waals surface area contributed by atoms with Crippen molar-refractivity contribution in [3.05, 3.63) is 69.7 Å². The Morgan fingerprint density at radius 1 is 1.12 bits per heavy atom. The van der Waals surface area contributed by atoms with Gasteiger partial charge in [-0.15, -0.1) is 0 Å². The lowest BCUT2D eigenvalue weighted by atomic mass is 10.1. The summed E-state index contributed by atoms with van der Waals surface area (Å²) in [4.78, 5) is 0.191. The van der Waals surface area contributed by atoms with Crippen molar-refractivity contribution in [1.82, 2.24) is 4.72 Å². The highest BCUT2D eigenvalue weighted by Crippen LogP contribution is 2.30. The normalized spacial score (nSPS) is 11.7. The monoisotopic (exact) mass is 453 g/mol. The summed E-state index contributed by atoms with van der Waals surface area (Å²) in [6.45, 7) is 0.280. The fourth-order valence-corrected chi connectivity index (χ4v) is 4.97. The van der Waals surface area contributed by atoms with E-state index in [0.717, 1.165) is 21.2 Å². The molecule has 3 aromatic carbocycles. The number of hydrogen-bond donors (Lipinski definition) is 1. The van der Waals surface area contributed by atoms with Gasteiger partial charge in [0, 0.05) is 17.0 Å². The van der Waals surface area contributed by atoms with Crippen molar-refractivity contribution in [3.8, 4) is 5.75 Å². The second kappa shape index (κ2) is 7.96. The third-order valence-corrected chi connectivity index (χ3v) is 6.47. The van der Waals surface area contributed by atoms with Gasteiger partial charge < -0.3 is 4.74 Å². The van der Waals surface area contributed by atoms with Crippen molar-refractivity contribution in [1.29, 1.82) is 0 Å². The first-order chi connectivity index (χ1) is 12.4. The van der Waals surface area contributed by atoms with Crippen LogP contribution >= 0.6 is 27.5 Å². The quantitative estimate of drug-likeness (QED) is 0.583. The van der Waals surface area contributed by atoms with Gasteiger partial charge in [0.2, 0.25) is 10.0 Å². The second-order valence-corrected chi connectivity index (χ2v) is 8.71. The Labute approximate surface area is 166 Å². The van der Waals surface area contributed by atoms with E-state index in [4.69, 9.17) is 16.3 Å². The number of fused-ring (bicyclic) bond motifs is 1. The van der Waals surface area contributed by atoms with Crippen LogP contribution in [0.2, 0.25) is 5.02 Å². The number of benzene rings is 3. The fraction of sp³-hybridized carbons (Fsp3) is 0.158. The van der Waals surface area contributed by atoms with E-state index in [0.29, 0.717) is 16.8 Å². The number of rotatable bonds is 6. The molecule has 3 rings (SSSR count). The Bertz CT molecular complexity index is 1050. The molecule has 0 spiro atoms. The molecule has 136 valence electrons. The minimum atomic E-state index is -3.67. The summed E-state index contributed by atoms with van der Waals surface area (Å²) in [6.07, 6.45) is 0.556. The zero-order valence-corrected chi connectivity index (χ0v) is 17.2. The molecule has 0 saturated heterocycles. The molecular weight excluding hydrogens is 438 g/mol. The van der Waals surface area contributed by atoms with Gasteiger partial charge in [0.05, 0.1) is 16.5 Å². The van der Waals surface area contributed by atoms with Crippen LogP contribution in [0.4, 0.5) is 0 Å². The molecule has 7 heteroatoms. The first-order valence-corrected chi connectivity index (χ1v) is 10.6. The molecule has 0 amide bonds. The molecule has 0 bridgehead atoms. The van der Waals surface area contributed by atoms with Crippen molar-refractivity contribution >= 4 is 48.3 Å². The van der Waals surface area contributed by atoms with Crippen molar-refractivity contribution in [2.24, 2.45) is 0 Å². The summed E-state index contributed by atoms with van der Waals surface area (Å²) >= 11 is 9.67. The van der Waals surface area contributed by atoms with Gasteiger partial charge in [0.25, 0.3) is 0 Å². The Balaban J connectivity index is 1.79. The van der Waals surface area contributed by atoms with E-state index < -0.39 is 10.0 Å².